The van der Waals surface area contributed by atoms with Crippen molar-refractivity contribution in [3.63, 3.8) is 0 Å². The zero-order valence-corrected chi connectivity index (χ0v) is 53.6. The van der Waals surface area contributed by atoms with E-state index in [1.165, 1.54) is 112 Å². The van der Waals surface area contributed by atoms with Crippen LogP contribution < -0.4 is 9.47 Å². The fourth-order valence-corrected chi connectivity index (χ4v) is 18.9. The van der Waals surface area contributed by atoms with Crippen LogP contribution in [0.15, 0.2) is 60.7 Å². The van der Waals surface area contributed by atoms with E-state index in [1.54, 1.807) is 36.5 Å². The van der Waals surface area contributed by atoms with E-state index in [0.29, 0.717) is 47.1 Å². The second-order valence-corrected chi connectivity index (χ2v) is 28.9. The molecule has 4 aliphatic carbocycles. The maximum atomic E-state index is 12.6. The van der Waals surface area contributed by atoms with Crippen molar-refractivity contribution in [3.05, 3.63) is 127 Å². The molecule has 12 heteroatoms. The van der Waals surface area contributed by atoms with Gasteiger partial charge in [-0.2, -0.15) is 0 Å². The Kier molecular flexibility index (Phi) is 19.7. The summed E-state index contributed by atoms with van der Waals surface area (Å²) in [7, 11) is 8.24. The van der Waals surface area contributed by atoms with Gasteiger partial charge in [-0.15, -0.1) is 0 Å². The molecule has 4 N–H and O–H groups in total. The molecule has 14 rings (SSSR count). The van der Waals surface area contributed by atoms with Gasteiger partial charge in [0.2, 0.25) is 0 Å². The third-order valence-corrected chi connectivity index (χ3v) is 23.3. The topological polar surface area (TPSA) is 146 Å². The van der Waals surface area contributed by atoms with Gasteiger partial charge < -0.3 is 39.7 Å². The molecule has 0 aromatic heterocycles. The van der Waals surface area contributed by atoms with Crippen LogP contribution in [0.2, 0.25) is 0 Å². The van der Waals surface area contributed by atoms with Gasteiger partial charge in [0.1, 0.15) is 23.1 Å². The molecular weight excluding hydrogens is 1070 g/mol. The number of nitrogens with zero attached hydrogens (tertiary/aromatic N) is 4. The second kappa shape index (κ2) is 26.9. The molecule has 468 valence electrons. The summed E-state index contributed by atoms with van der Waals surface area (Å²) in [6, 6.07) is 23.5. The van der Waals surface area contributed by atoms with Crippen molar-refractivity contribution in [3.8, 4) is 11.5 Å². The SMILES string of the molecule is CC(C)C[C@@H]1CN2CCc3cc(CO)c(CO)cc3[C@H]2CC1=O.CC(C)C[C@@H]1CN2CCc3cc(CO)c(CO)cc3[C@H]2CC1=O.COc1ccc2c(c1)[C@]13CCCC[C@@H]1[C@H](C2)N(C)CC3.COc1ccc2c(c1)[C@]13CCCC[C@@H]1[C@H](C2)N(C)CC3. The molecule has 12 nitrogen and oxygen atoms in total. The molecule has 0 unspecified atom stereocenters. The number of carbonyl (C=O) groups excluding carboxylic acids is 2. The quantitative estimate of drug-likeness (QED) is 0.120. The second-order valence-electron chi connectivity index (χ2n) is 28.9. The molecule has 4 aromatic rings. The van der Waals surface area contributed by atoms with Crippen molar-refractivity contribution in [1.29, 1.82) is 0 Å². The number of ketones is 2. The lowest BCUT2D eigenvalue weighted by atomic mass is 9.52. The zero-order chi connectivity index (χ0) is 60.6. The molecule has 10 aliphatic rings. The molecule has 10 atom stereocenters. The first-order valence-electron chi connectivity index (χ1n) is 33.6. The molecule has 2 saturated carbocycles. The van der Waals surface area contributed by atoms with Gasteiger partial charge >= 0.3 is 0 Å². The average Bonchev–Trinajstić information content (AvgIpc) is 0.792. The van der Waals surface area contributed by atoms with Crippen LogP contribution >= 0.6 is 0 Å². The third-order valence-electron chi connectivity index (χ3n) is 23.3. The van der Waals surface area contributed by atoms with E-state index in [2.05, 4.69) is 97.8 Å². The minimum Gasteiger partial charge on any atom is -0.497 e. The zero-order valence-electron chi connectivity index (χ0n) is 53.6. The van der Waals surface area contributed by atoms with Crippen molar-refractivity contribution in [2.24, 2.45) is 35.5 Å². The minimum atomic E-state index is -0.0696. The highest BCUT2D eigenvalue weighted by molar-refractivity contribution is 5.83. The number of carbonyl (C=O) groups is 2. The van der Waals surface area contributed by atoms with Crippen LogP contribution in [0.3, 0.4) is 0 Å². The van der Waals surface area contributed by atoms with Gasteiger partial charge in [0.25, 0.3) is 0 Å². The molecule has 0 spiro atoms. The first kappa shape index (κ1) is 63.1. The Morgan fingerprint density at radius 3 is 1.27 bits per heavy atom. The largest absolute Gasteiger partial charge is 0.497 e. The normalized spacial score (nSPS) is 30.0. The Labute approximate surface area is 515 Å². The monoisotopic (exact) mass is 1180 g/mol. The number of Topliss-reactive ketones (excluding diaryl/α,β-unsaturated/α-hetero) is 2. The fourth-order valence-electron chi connectivity index (χ4n) is 18.9. The highest BCUT2D eigenvalue weighted by atomic mass is 16.5. The predicted molar refractivity (Wildman–Crippen MR) is 340 cm³/mol. The molecule has 4 aromatic carbocycles. The Bertz CT molecular complexity index is 2850. The third kappa shape index (κ3) is 12.3. The van der Waals surface area contributed by atoms with E-state index in [-0.39, 0.29) is 50.3 Å². The highest BCUT2D eigenvalue weighted by Crippen LogP contribution is 2.58. The van der Waals surface area contributed by atoms with Gasteiger partial charge in [-0.1, -0.05) is 89.8 Å². The van der Waals surface area contributed by atoms with Gasteiger partial charge in [0.05, 0.1) is 40.6 Å². The molecule has 0 amide bonds. The van der Waals surface area contributed by atoms with Gasteiger partial charge in [-0.3, -0.25) is 19.4 Å². The summed E-state index contributed by atoms with van der Waals surface area (Å²) in [5.41, 5.74) is 15.3. The van der Waals surface area contributed by atoms with Crippen molar-refractivity contribution in [1.82, 2.24) is 19.6 Å². The van der Waals surface area contributed by atoms with E-state index >= 15 is 0 Å². The molecule has 6 fully saturated rings. The van der Waals surface area contributed by atoms with E-state index in [0.717, 1.165) is 110 Å². The number of hydrogen-bond donors (Lipinski definition) is 4. The Morgan fingerprint density at radius 2 is 0.895 bits per heavy atom. The van der Waals surface area contributed by atoms with E-state index in [4.69, 9.17) is 9.47 Å². The number of aliphatic hydroxyl groups is 4. The number of hydrogen-bond acceptors (Lipinski definition) is 12. The lowest BCUT2D eigenvalue weighted by molar-refractivity contribution is -0.130. The number of likely N-dealkylation sites (tertiary alicyclic amines) is 2. The summed E-state index contributed by atoms with van der Waals surface area (Å²) in [5, 5.41) is 38.0. The average molecular weight is 1180 g/mol. The number of methoxy groups -OCH3 is 2. The molecule has 6 heterocycles. The number of benzene rings is 4. The fraction of sp³-hybridized carbons (Fsp3) is 0.649. The number of fused-ring (bicyclic) bond motifs is 8. The van der Waals surface area contributed by atoms with E-state index in [9.17, 15) is 30.0 Å². The van der Waals surface area contributed by atoms with Crippen molar-refractivity contribution < 1.29 is 39.5 Å². The molecule has 4 bridgehead atoms. The first-order valence-corrected chi connectivity index (χ1v) is 33.6. The highest BCUT2D eigenvalue weighted by Gasteiger charge is 2.55. The van der Waals surface area contributed by atoms with Gasteiger partial charge in [-0.05, 0) is 219 Å². The standard InChI is InChI=1S/2C19H27NO3.2C18H25NO/c2*1-12(2)5-14-9-20-4-3-13-6-15(10-21)16(11-22)7-17(13)18(20)8-19(14)23;2*1-19-10-9-18-8-4-3-5-15(18)17(19)11-13-6-7-14(20-2)12-16(13)18/h2*6-7,12,14,18,21-22H,3-5,8-11H2,1-2H3;2*6-7,12,15,17H,3-5,8-11H2,1-2H3/t2*14-,18-;2*15-,17+,18+/m1111/s1. The van der Waals surface area contributed by atoms with Crippen molar-refractivity contribution >= 4 is 11.6 Å². The Morgan fingerprint density at radius 1 is 0.500 bits per heavy atom. The van der Waals surface area contributed by atoms with Gasteiger partial charge in [-0.25, -0.2) is 0 Å². The molecular formula is C74H104N4O8. The number of ether oxygens (including phenoxy) is 2. The summed E-state index contributed by atoms with van der Waals surface area (Å²) in [5.74, 6) is 6.01. The van der Waals surface area contributed by atoms with Crippen LogP contribution in [0, 0.1) is 35.5 Å². The number of rotatable bonds is 10. The number of likely N-dealkylation sites (N-methyl/N-ethyl adjacent to an activating group) is 2. The Balaban J connectivity index is 0.000000119. The van der Waals surface area contributed by atoms with Crippen molar-refractivity contribution in [2.45, 2.75) is 205 Å². The lowest BCUT2D eigenvalue weighted by Crippen LogP contribution is -2.59. The van der Waals surface area contributed by atoms with E-state index in [1.807, 2.05) is 24.3 Å². The van der Waals surface area contributed by atoms with Crippen LogP contribution in [-0.4, -0.2) is 131 Å². The van der Waals surface area contributed by atoms with Gasteiger partial charge in [0.15, 0.2) is 0 Å². The summed E-state index contributed by atoms with van der Waals surface area (Å²) in [4.78, 5) is 35.2. The summed E-state index contributed by atoms with van der Waals surface area (Å²) >= 11 is 0. The number of aliphatic hydroxyl groups excluding tert-OH is 4. The Hall–Kier alpha value is -4.50. The smallest absolute Gasteiger partial charge is 0.139 e. The van der Waals surface area contributed by atoms with Crippen LogP contribution in [0.25, 0.3) is 0 Å². The molecule has 6 aliphatic heterocycles. The van der Waals surface area contributed by atoms with Crippen molar-refractivity contribution in [2.75, 3.05) is 67.6 Å². The van der Waals surface area contributed by atoms with Crippen LogP contribution in [0.5, 0.6) is 11.5 Å². The lowest BCUT2D eigenvalue weighted by Gasteiger charge is -2.58. The molecule has 4 saturated heterocycles. The molecule has 86 heavy (non-hydrogen) atoms. The van der Waals surface area contributed by atoms with Crippen LogP contribution in [0.1, 0.15) is 196 Å². The predicted octanol–water partition coefficient (Wildman–Crippen LogP) is 11.2. The minimum absolute atomic E-state index is 0.0487. The van der Waals surface area contributed by atoms with Crippen LogP contribution in [0.4, 0.5) is 0 Å². The molecule has 0 radical (unpaired) electrons. The van der Waals surface area contributed by atoms with Crippen LogP contribution in [-0.2, 0) is 72.5 Å². The maximum Gasteiger partial charge on any atom is 0.139 e. The first-order chi connectivity index (χ1) is 41.5. The maximum absolute atomic E-state index is 12.6. The summed E-state index contributed by atoms with van der Waals surface area (Å²) < 4.78 is 11.0. The van der Waals surface area contributed by atoms with Gasteiger partial charge in [0, 0.05) is 85.9 Å². The summed E-state index contributed by atoms with van der Waals surface area (Å²) in [6.07, 6.45) is 21.4. The number of piperidine rings is 4. The van der Waals surface area contributed by atoms with E-state index < -0.39 is 0 Å². The summed E-state index contributed by atoms with van der Waals surface area (Å²) in [6.45, 7) is 14.7.